The summed E-state index contributed by atoms with van der Waals surface area (Å²) in [7, 11) is 1.55. The molecule has 3 heterocycles. The number of halogens is 4. The molecule has 1 saturated heterocycles. The van der Waals surface area contributed by atoms with E-state index in [9.17, 15) is 4.39 Å². The number of rotatable bonds is 5. The number of methoxy groups -OCH3 is 1. The van der Waals surface area contributed by atoms with E-state index in [1.807, 2.05) is 6.92 Å². The van der Waals surface area contributed by atoms with Gasteiger partial charge in [-0.1, -0.05) is 11.6 Å². The molecule has 1 aliphatic heterocycles. The van der Waals surface area contributed by atoms with Crippen LogP contribution in [0.25, 0.3) is 11.2 Å². The third-order valence-electron chi connectivity index (χ3n) is 4.67. The molecule has 3 aromatic rings. The Kier molecular flexibility index (Phi) is 7.28. The summed E-state index contributed by atoms with van der Waals surface area (Å²) in [5.41, 5.74) is 2.57. The number of H-pyrrole nitrogens is 1. The van der Waals surface area contributed by atoms with Crippen molar-refractivity contribution in [3.63, 3.8) is 0 Å². The van der Waals surface area contributed by atoms with Crippen molar-refractivity contribution in [3.05, 3.63) is 40.7 Å². The van der Waals surface area contributed by atoms with Crippen molar-refractivity contribution < 1.29 is 9.13 Å². The van der Waals surface area contributed by atoms with Crippen LogP contribution in [0.5, 0.6) is 5.75 Å². The van der Waals surface area contributed by atoms with Gasteiger partial charge in [0, 0.05) is 30.1 Å². The van der Waals surface area contributed by atoms with Gasteiger partial charge in [-0.25, -0.2) is 19.3 Å². The van der Waals surface area contributed by atoms with Crippen molar-refractivity contribution in [3.8, 4) is 5.75 Å². The highest BCUT2D eigenvalue weighted by atomic mass is 35.5. The molecule has 28 heavy (non-hydrogen) atoms. The Labute approximate surface area is 178 Å². The van der Waals surface area contributed by atoms with Crippen molar-refractivity contribution >= 4 is 53.4 Å². The summed E-state index contributed by atoms with van der Waals surface area (Å²) in [5.74, 6) is 0.764. The summed E-state index contributed by atoms with van der Waals surface area (Å²) < 4.78 is 20.2. The number of anilines is 1. The summed E-state index contributed by atoms with van der Waals surface area (Å²) >= 11 is 6.18. The van der Waals surface area contributed by atoms with Crippen LogP contribution in [-0.4, -0.2) is 40.1 Å². The van der Waals surface area contributed by atoms with Gasteiger partial charge in [-0.05, 0) is 13.0 Å². The zero-order valence-corrected chi connectivity index (χ0v) is 17.5. The number of fused-ring (bicyclic) bond motifs is 1. The number of aromatic nitrogens is 4. The molecule has 4 rings (SSSR count). The van der Waals surface area contributed by atoms with Crippen LogP contribution in [0.15, 0.2) is 18.7 Å². The summed E-state index contributed by atoms with van der Waals surface area (Å²) in [6.07, 6.45) is 3.00. The number of ether oxygens (including phenoxy) is 1. The largest absolute Gasteiger partial charge is 0.496 e. The van der Waals surface area contributed by atoms with Crippen molar-refractivity contribution in [2.75, 3.05) is 25.5 Å². The molecular weight excluding hydrogens is 430 g/mol. The fourth-order valence-electron chi connectivity index (χ4n) is 3.21. The van der Waals surface area contributed by atoms with Gasteiger partial charge in [0.15, 0.2) is 11.5 Å². The third kappa shape index (κ3) is 3.82. The first kappa shape index (κ1) is 22.4. The lowest BCUT2D eigenvalue weighted by atomic mass is 9.89. The monoisotopic (exact) mass is 448 g/mol. The SMILES string of the molecule is COc1c(C(C)Nc2ncnc3nc[nH]c23)cc(Cl)c(F)c1C1CNC1.Cl.Cl. The molecule has 0 radical (unpaired) electrons. The predicted octanol–water partition coefficient (Wildman–Crippen LogP) is 3.86. The minimum atomic E-state index is -0.413. The van der Waals surface area contributed by atoms with Gasteiger partial charge in [-0.3, -0.25) is 0 Å². The van der Waals surface area contributed by atoms with Gasteiger partial charge >= 0.3 is 0 Å². The van der Waals surface area contributed by atoms with E-state index < -0.39 is 5.82 Å². The Balaban J connectivity index is 0.00000140. The molecule has 7 nitrogen and oxygen atoms in total. The zero-order chi connectivity index (χ0) is 18.3. The summed E-state index contributed by atoms with van der Waals surface area (Å²) in [6.45, 7) is 3.35. The number of benzene rings is 1. The first-order valence-corrected chi connectivity index (χ1v) is 8.65. The predicted molar refractivity (Wildman–Crippen MR) is 112 cm³/mol. The van der Waals surface area contributed by atoms with Gasteiger partial charge < -0.3 is 20.4 Å². The van der Waals surface area contributed by atoms with Crippen LogP contribution in [0.2, 0.25) is 5.02 Å². The smallest absolute Gasteiger partial charge is 0.182 e. The molecule has 1 fully saturated rings. The molecule has 0 amide bonds. The van der Waals surface area contributed by atoms with E-state index in [-0.39, 0.29) is 41.8 Å². The van der Waals surface area contributed by atoms with E-state index in [0.29, 0.717) is 41.4 Å². The molecule has 3 N–H and O–H groups in total. The van der Waals surface area contributed by atoms with E-state index in [1.165, 1.54) is 6.33 Å². The minimum Gasteiger partial charge on any atom is -0.496 e. The lowest BCUT2D eigenvalue weighted by Crippen LogP contribution is -2.40. The normalized spacial score (nSPS) is 14.6. The average molecular weight is 450 g/mol. The maximum Gasteiger partial charge on any atom is 0.182 e. The molecule has 0 saturated carbocycles. The molecule has 1 atom stereocenters. The third-order valence-corrected chi connectivity index (χ3v) is 4.95. The number of aromatic amines is 1. The molecule has 1 aromatic carbocycles. The van der Waals surface area contributed by atoms with E-state index in [0.717, 1.165) is 5.56 Å². The highest BCUT2D eigenvalue weighted by Crippen LogP contribution is 2.41. The van der Waals surface area contributed by atoms with Crippen molar-refractivity contribution in [2.24, 2.45) is 0 Å². The highest BCUT2D eigenvalue weighted by molar-refractivity contribution is 6.31. The number of hydrogen-bond acceptors (Lipinski definition) is 6. The molecule has 1 aliphatic rings. The molecular formula is C17H20Cl3FN6O. The summed E-state index contributed by atoms with van der Waals surface area (Å²) in [4.78, 5) is 15.5. The van der Waals surface area contributed by atoms with Crippen LogP contribution in [0.3, 0.4) is 0 Å². The number of nitrogens with zero attached hydrogens (tertiary/aromatic N) is 3. The second-order valence-corrected chi connectivity index (χ2v) is 6.66. The number of imidazole rings is 1. The van der Waals surface area contributed by atoms with Gasteiger partial charge in [-0.2, -0.15) is 0 Å². The highest BCUT2D eigenvalue weighted by Gasteiger charge is 2.30. The number of hydrogen-bond donors (Lipinski definition) is 3. The van der Waals surface area contributed by atoms with Crippen LogP contribution >= 0.6 is 36.4 Å². The standard InChI is InChI=1S/C17H18ClFN6O.2ClH/c1-8(25-17-14-16(22-6-21-14)23-7-24-17)10-3-11(18)13(19)12(15(10)26-2)9-4-20-5-9;;/h3,6-9,20H,4-5H2,1-2H3,(H2,21,22,23,24,25);2*1H. The Hall–Kier alpha value is -1.87. The van der Waals surface area contributed by atoms with Gasteiger partial charge in [0.05, 0.1) is 24.5 Å². The fourth-order valence-corrected chi connectivity index (χ4v) is 3.43. The molecule has 0 bridgehead atoms. The van der Waals surface area contributed by atoms with Gasteiger partial charge in [0.25, 0.3) is 0 Å². The van der Waals surface area contributed by atoms with Crippen molar-refractivity contribution in [2.45, 2.75) is 18.9 Å². The molecule has 1 unspecified atom stereocenters. The second-order valence-electron chi connectivity index (χ2n) is 6.25. The van der Waals surface area contributed by atoms with Crippen molar-refractivity contribution in [1.82, 2.24) is 25.3 Å². The zero-order valence-electron chi connectivity index (χ0n) is 15.1. The molecule has 0 spiro atoms. The first-order chi connectivity index (χ1) is 12.6. The molecule has 152 valence electrons. The second kappa shape index (κ2) is 9.09. The van der Waals surface area contributed by atoms with Crippen LogP contribution in [-0.2, 0) is 0 Å². The fraction of sp³-hybridized carbons (Fsp3) is 0.353. The Bertz CT molecular complexity index is 965. The van der Waals surface area contributed by atoms with Crippen LogP contribution < -0.4 is 15.4 Å². The van der Waals surface area contributed by atoms with Crippen LogP contribution in [0.1, 0.15) is 30.0 Å². The summed E-state index contributed by atoms with van der Waals surface area (Å²) in [5, 5.41) is 6.55. The van der Waals surface area contributed by atoms with E-state index in [1.54, 1.807) is 19.5 Å². The van der Waals surface area contributed by atoms with Crippen molar-refractivity contribution in [1.29, 1.82) is 0 Å². The quantitative estimate of drug-likeness (QED) is 0.548. The van der Waals surface area contributed by atoms with E-state index >= 15 is 0 Å². The lowest BCUT2D eigenvalue weighted by molar-refractivity contribution is 0.369. The first-order valence-electron chi connectivity index (χ1n) is 8.27. The lowest BCUT2D eigenvalue weighted by Gasteiger charge is -2.31. The van der Waals surface area contributed by atoms with Gasteiger partial charge in [-0.15, -0.1) is 24.8 Å². The maximum absolute atomic E-state index is 14.7. The van der Waals surface area contributed by atoms with Crippen LogP contribution in [0, 0.1) is 5.82 Å². The summed E-state index contributed by atoms with van der Waals surface area (Å²) in [6, 6.07) is 1.38. The van der Waals surface area contributed by atoms with Gasteiger partial charge in [0.2, 0.25) is 0 Å². The molecule has 0 aliphatic carbocycles. The van der Waals surface area contributed by atoms with E-state index in [2.05, 4.69) is 30.6 Å². The van der Waals surface area contributed by atoms with E-state index in [4.69, 9.17) is 16.3 Å². The number of nitrogens with one attached hydrogen (secondary N) is 3. The Morgan fingerprint density at radius 1 is 1.29 bits per heavy atom. The Morgan fingerprint density at radius 2 is 2.04 bits per heavy atom. The topological polar surface area (TPSA) is 87.8 Å². The Morgan fingerprint density at radius 3 is 2.68 bits per heavy atom. The molecule has 2 aromatic heterocycles. The molecule has 11 heteroatoms. The van der Waals surface area contributed by atoms with Crippen LogP contribution in [0.4, 0.5) is 10.2 Å². The van der Waals surface area contributed by atoms with Gasteiger partial charge in [0.1, 0.15) is 23.4 Å². The minimum absolute atomic E-state index is 0. The average Bonchev–Trinajstić information content (AvgIpc) is 3.07. The maximum atomic E-state index is 14.7.